The zero-order valence-corrected chi connectivity index (χ0v) is 68.1. The number of nitrogens with zero attached hydrogens (tertiary/aromatic N) is 12. The van der Waals surface area contributed by atoms with E-state index in [1.807, 2.05) is 132 Å². The van der Waals surface area contributed by atoms with Crippen LogP contribution in [0, 0.1) is 61.3 Å². The highest BCUT2D eigenvalue weighted by Gasteiger charge is 2.19. The van der Waals surface area contributed by atoms with Gasteiger partial charge in [0.1, 0.15) is 6.61 Å². The maximum Gasteiger partial charge on any atom is 0.330 e. The van der Waals surface area contributed by atoms with Crippen molar-refractivity contribution in [1.82, 2.24) is 19.9 Å². The van der Waals surface area contributed by atoms with Crippen molar-refractivity contribution in [3.8, 4) is 0 Å². The van der Waals surface area contributed by atoms with Gasteiger partial charge in [0, 0.05) is 12.6 Å². The highest BCUT2D eigenvalue weighted by molar-refractivity contribution is 7.23. The van der Waals surface area contributed by atoms with Crippen LogP contribution >= 0.6 is 45.3 Å². The largest absolute Gasteiger partial charge is 0.460 e. The van der Waals surface area contributed by atoms with Gasteiger partial charge in [-0.3, -0.25) is 4.79 Å². The van der Waals surface area contributed by atoms with E-state index in [4.69, 9.17) is 59.0 Å². The minimum absolute atomic E-state index is 0.0263. The summed E-state index contributed by atoms with van der Waals surface area (Å²) in [5.41, 5.74) is 17.6. The van der Waals surface area contributed by atoms with Gasteiger partial charge in [0.05, 0.1) is 138 Å². The summed E-state index contributed by atoms with van der Waals surface area (Å²) in [6, 6.07) is 57.4. The molecule has 12 rings (SSSR count). The predicted octanol–water partition coefficient (Wildman–Crippen LogP) is 18.6. The molecule has 20 nitrogen and oxygen atoms in total. The third kappa shape index (κ3) is 27.0. The minimum atomic E-state index is -0.453. The van der Waals surface area contributed by atoms with E-state index < -0.39 is 5.97 Å². The van der Waals surface area contributed by atoms with Crippen LogP contribution in [-0.2, 0) is 33.3 Å². The number of benzene rings is 8. The summed E-state index contributed by atoms with van der Waals surface area (Å²) >= 11 is 6.34. The molecule has 0 spiro atoms. The fourth-order valence-electron chi connectivity index (χ4n) is 10.5. The number of carbonyl (C=O) groups is 2. The Morgan fingerprint density at radius 2 is 0.721 bits per heavy atom. The zero-order valence-electron chi connectivity index (χ0n) is 64.8. The number of ether oxygens (including phenoxy) is 5. The Morgan fingerprint density at radius 1 is 0.405 bits per heavy atom. The van der Waals surface area contributed by atoms with Crippen LogP contribution in [0.5, 0.6) is 0 Å². The Balaban J connectivity index is 0.000000171. The highest BCUT2D eigenvalue weighted by atomic mass is 32.1. The second kappa shape index (κ2) is 44.5. The van der Waals surface area contributed by atoms with Gasteiger partial charge in [-0.05, 0) is 167 Å². The van der Waals surface area contributed by atoms with E-state index in [1.165, 1.54) is 60.5 Å². The fraction of sp³-hybridized carbons (Fsp3) is 0.287. The van der Waals surface area contributed by atoms with Crippen molar-refractivity contribution in [2.24, 2.45) is 26.3 Å². The molecular formula is C87H98N12O8S4. The van der Waals surface area contributed by atoms with E-state index in [2.05, 4.69) is 164 Å². The summed E-state index contributed by atoms with van der Waals surface area (Å²) < 4.78 is 31.3. The first-order chi connectivity index (χ1) is 53.8. The van der Waals surface area contributed by atoms with Gasteiger partial charge in [-0.2, -0.15) is 25.4 Å². The average molecular weight is 1570 g/mol. The third-order valence-electron chi connectivity index (χ3n) is 16.8. The van der Waals surface area contributed by atoms with Crippen molar-refractivity contribution in [1.29, 1.82) is 0 Å². The van der Waals surface area contributed by atoms with Gasteiger partial charge in [-0.15, -0.1) is 0 Å². The molecular weight excluding hydrogens is 1470 g/mol. The number of fused-ring (bicyclic) bond motifs is 4. The molecule has 24 heteroatoms. The number of hydrogen-bond donors (Lipinski definition) is 1. The van der Waals surface area contributed by atoms with Gasteiger partial charge in [0.25, 0.3) is 5.91 Å². The van der Waals surface area contributed by atoms with Crippen molar-refractivity contribution < 1.29 is 38.4 Å². The smallest absolute Gasteiger partial charge is 0.330 e. The molecule has 4 heterocycles. The summed E-state index contributed by atoms with van der Waals surface area (Å²) in [6.45, 7) is 33.6. The fourth-order valence-corrected chi connectivity index (χ4v) is 14.3. The minimum Gasteiger partial charge on any atom is -0.460 e. The summed E-state index contributed by atoms with van der Waals surface area (Å²) in [5, 5.41) is 37.6. The number of anilines is 4. The van der Waals surface area contributed by atoms with Crippen LogP contribution in [-0.4, -0.2) is 147 Å². The second-order valence-electron chi connectivity index (χ2n) is 26.2. The number of carbonyl (C=O) groups excluding carboxylic acids is 2. The van der Waals surface area contributed by atoms with Gasteiger partial charge in [-0.25, -0.2) is 39.8 Å². The maximum absolute atomic E-state index is 12.2. The van der Waals surface area contributed by atoms with Gasteiger partial charge < -0.3 is 28.8 Å². The molecule has 0 bridgehead atoms. The number of hydrogen-bond acceptors (Lipinski definition) is 23. The van der Waals surface area contributed by atoms with E-state index in [0.717, 1.165) is 104 Å². The van der Waals surface area contributed by atoms with Crippen LogP contribution in [0.4, 0.5) is 20.5 Å². The second-order valence-corrected chi connectivity index (χ2v) is 30.3. The molecule has 0 unspecified atom stereocenters. The molecule has 0 radical (unpaired) electrons. The molecule has 0 fully saturated rings. The molecule has 111 heavy (non-hydrogen) atoms. The third-order valence-corrected chi connectivity index (χ3v) is 21.0. The number of amides is 1. The monoisotopic (exact) mass is 1570 g/mol. The van der Waals surface area contributed by atoms with Crippen molar-refractivity contribution in [2.75, 3.05) is 106 Å². The number of para-hydroxylation sites is 4. The van der Waals surface area contributed by atoms with Gasteiger partial charge in [0.2, 0.25) is 20.5 Å². The molecule has 12 aromatic rings. The van der Waals surface area contributed by atoms with E-state index in [9.17, 15) is 9.59 Å². The lowest BCUT2D eigenvalue weighted by Crippen LogP contribution is -2.23. The van der Waals surface area contributed by atoms with Gasteiger partial charge in [0.15, 0.2) is 0 Å². The summed E-state index contributed by atoms with van der Waals surface area (Å²) in [4.78, 5) is 41.9. The van der Waals surface area contributed by atoms with Crippen LogP contribution in [0.15, 0.2) is 216 Å². The Bertz CT molecular complexity index is 4990. The first-order valence-electron chi connectivity index (χ1n) is 36.7. The molecule has 0 saturated carbocycles. The van der Waals surface area contributed by atoms with Crippen LogP contribution < -0.4 is 20.0 Å². The SMILES string of the molecule is C=CC(=O)N(/N=C/c1cc(C)ccc1C)c1nc2ccccc2s1.C=CC(=O)OCCOCCOCCN(/N=C/c1cc(C)ccc1C)c1nc2ccccc2s1.Cc1ccc(C)c(/C=N/N(CCC(C)C)c2nc3ccccc3s2)c1.Cc1ccc(C)c(/C=N/N(CCOCCOCCO)c2nc3ccccc3s2)c1. The van der Waals surface area contributed by atoms with Gasteiger partial charge >= 0.3 is 5.97 Å². The molecule has 0 saturated heterocycles. The topological polar surface area (TPSA) is 214 Å². The standard InChI is InChI=1S/C25H29N3O4S.C22H27N3O3S.C21H25N3S.C19H17N3OS/c1-4-24(29)32-16-15-31-14-13-30-12-11-28(25-27-22-7-5-6-8-23(22)33-25)26-18-21-17-19(2)9-10-20(21)3;1-17-7-8-18(2)19(15-17)16-23-25(9-11-27-13-14-28-12-10-26)22-24-20-5-3-4-6-21(20)29-22;1-15(2)11-12-24(21-23-19-7-5-6-8-20(19)25-21)22-14-18-13-16(3)9-10-17(18)4;1-4-18(23)22(19-21-16-7-5-6-8-17(16)24-19)20-12-15-11-13(2)9-10-14(15)3/h4-10,17-18H,1,11-16H2,2-3H3;3-8,15-16,26H,9-14H2,1-2H3;5-10,13-15H,11-12H2,1-4H3;4-12H,1H2,2-3H3/b26-18+;23-16+;22-14+;20-12+. The maximum atomic E-state index is 12.2. The van der Waals surface area contributed by atoms with Crippen LogP contribution in [0.2, 0.25) is 0 Å². The number of esters is 1. The lowest BCUT2D eigenvalue weighted by atomic mass is 10.1. The number of aliphatic hydroxyl groups is 1. The van der Waals surface area contributed by atoms with Crippen LogP contribution in [0.25, 0.3) is 40.9 Å². The molecule has 0 atom stereocenters. The zero-order chi connectivity index (χ0) is 78.9. The molecule has 1 N–H and O–H groups in total. The van der Waals surface area contributed by atoms with Crippen molar-refractivity contribution in [2.45, 2.75) is 75.7 Å². The predicted molar refractivity (Wildman–Crippen MR) is 463 cm³/mol. The van der Waals surface area contributed by atoms with Crippen LogP contribution in [0.1, 0.15) is 87.0 Å². The van der Waals surface area contributed by atoms with Crippen molar-refractivity contribution >= 4 is 143 Å². The summed E-state index contributed by atoms with van der Waals surface area (Å²) in [5.74, 6) is -0.130. The number of thiazole rings is 4. The van der Waals surface area contributed by atoms with E-state index in [0.29, 0.717) is 77.0 Å². The Morgan fingerprint density at radius 3 is 1.06 bits per heavy atom. The highest BCUT2D eigenvalue weighted by Crippen LogP contribution is 2.33. The molecule has 0 aliphatic heterocycles. The Hall–Kier alpha value is -10.4. The Labute approximate surface area is 667 Å². The number of rotatable bonds is 34. The van der Waals surface area contributed by atoms with Crippen molar-refractivity contribution in [3.05, 3.63) is 262 Å². The lowest BCUT2D eigenvalue weighted by Gasteiger charge is -2.17. The van der Waals surface area contributed by atoms with E-state index in [1.54, 1.807) is 40.2 Å². The number of aryl methyl sites for hydroxylation is 8. The number of aromatic nitrogens is 4. The van der Waals surface area contributed by atoms with E-state index >= 15 is 0 Å². The first-order valence-corrected chi connectivity index (χ1v) is 40.0. The molecule has 8 aromatic carbocycles. The quantitative estimate of drug-likeness (QED) is 0.0131. The number of hydrazone groups is 4. The average Bonchev–Trinajstić information content (AvgIpc) is 1.70. The van der Waals surface area contributed by atoms with Crippen LogP contribution in [0.3, 0.4) is 0 Å². The van der Waals surface area contributed by atoms with E-state index in [-0.39, 0.29) is 19.1 Å². The lowest BCUT2D eigenvalue weighted by molar-refractivity contribution is -0.139. The molecule has 578 valence electrons. The molecule has 4 aromatic heterocycles. The molecule has 1 amide bonds. The molecule has 0 aliphatic rings. The van der Waals surface area contributed by atoms with Gasteiger partial charge in [-0.1, -0.05) is 216 Å². The Kier molecular flexibility index (Phi) is 33.9. The number of aliphatic hydroxyl groups excluding tert-OH is 1. The van der Waals surface area contributed by atoms with Crippen molar-refractivity contribution in [3.63, 3.8) is 0 Å². The summed E-state index contributed by atoms with van der Waals surface area (Å²) in [7, 11) is 0. The first kappa shape index (κ1) is 84.6. The molecule has 0 aliphatic carbocycles. The summed E-state index contributed by atoms with van der Waals surface area (Å²) in [6.07, 6.45) is 10.9. The normalized spacial score (nSPS) is 11.4.